The van der Waals surface area contributed by atoms with E-state index < -0.39 is 15.9 Å². The third-order valence-electron chi connectivity index (χ3n) is 5.14. The number of anilines is 2. The van der Waals surface area contributed by atoms with Crippen LogP contribution in [0.25, 0.3) is 5.69 Å². The molecule has 12 heteroatoms. The van der Waals surface area contributed by atoms with Gasteiger partial charge in [-0.2, -0.15) is 0 Å². The topological polar surface area (TPSA) is 137 Å². The van der Waals surface area contributed by atoms with Crippen molar-refractivity contribution in [2.75, 3.05) is 23.3 Å². The molecule has 3 aromatic carbocycles. The van der Waals surface area contributed by atoms with E-state index in [-0.39, 0.29) is 16.1 Å². The molecule has 0 bridgehead atoms. The zero-order valence-electron chi connectivity index (χ0n) is 18.3. The molecule has 0 unspecified atom stereocenters. The minimum absolute atomic E-state index is 0.0271. The van der Waals surface area contributed by atoms with Crippen molar-refractivity contribution < 1.29 is 22.7 Å². The number of carbonyl (C=O) groups is 1. The third-order valence-corrected chi connectivity index (χ3v) is 6.52. The molecule has 178 valence electrons. The van der Waals surface area contributed by atoms with Gasteiger partial charge in [-0.15, -0.1) is 5.10 Å². The molecule has 0 spiro atoms. The molecule has 0 fully saturated rings. The minimum atomic E-state index is -3.92. The monoisotopic (exact) mass is 492 g/mol. The van der Waals surface area contributed by atoms with Crippen molar-refractivity contribution in [2.24, 2.45) is 0 Å². The number of ether oxygens (including phenoxy) is 2. The molecule has 0 atom stereocenters. The molecular weight excluding hydrogens is 472 g/mol. The van der Waals surface area contributed by atoms with E-state index in [2.05, 4.69) is 25.6 Å². The van der Waals surface area contributed by atoms with Crippen LogP contribution < -0.4 is 19.5 Å². The van der Waals surface area contributed by atoms with E-state index in [9.17, 15) is 13.2 Å². The normalized spacial score (nSPS) is 13.0. The third kappa shape index (κ3) is 5.06. The first-order valence-corrected chi connectivity index (χ1v) is 12.1. The van der Waals surface area contributed by atoms with Gasteiger partial charge in [-0.3, -0.25) is 9.52 Å². The van der Waals surface area contributed by atoms with Crippen molar-refractivity contribution in [3.8, 4) is 17.2 Å². The summed E-state index contributed by atoms with van der Waals surface area (Å²) in [6, 6.07) is 17.6. The summed E-state index contributed by atoms with van der Waals surface area (Å²) < 4.78 is 41.1. The summed E-state index contributed by atoms with van der Waals surface area (Å²) in [5.41, 5.74) is 1.83. The number of nitrogens with one attached hydrogen (secondary N) is 2. The molecule has 2 N–H and O–H groups in total. The highest BCUT2D eigenvalue weighted by atomic mass is 32.2. The van der Waals surface area contributed by atoms with E-state index in [1.807, 2.05) is 0 Å². The molecule has 35 heavy (non-hydrogen) atoms. The van der Waals surface area contributed by atoms with Crippen LogP contribution >= 0.6 is 0 Å². The lowest BCUT2D eigenvalue weighted by Crippen LogP contribution is -2.15. The van der Waals surface area contributed by atoms with Gasteiger partial charge in [0.1, 0.15) is 6.33 Å². The molecule has 1 aliphatic heterocycles. The predicted octanol–water partition coefficient (Wildman–Crippen LogP) is 2.88. The number of sulfonamides is 1. The molecule has 0 saturated heterocycles. The molecule has 0 radical (unpaired) electrons. The summed E-state index contributed by atoms with van der Waals surface area (Å²) in [5.74, 6) is 0.493. The second kappa shape index (κ2) is 9.43. The van der Waals surface area contributed by atoms with Gasteiger partial charge < -0.3 is 14.8 Å². The fraction of sp³-hybridized carbons (Fsp3) is 0.130. The summed E-state index contributed by atoms with van der Waals surface area (Å²) >= 11 is 0. The zero-order chi connectivity index (χ0) is 24.3. The Bertz CT molecular complexity index is 1460. The van der Waals surface area contributed by atoms with Gasteiger partial charge in [-0.05, 0) is 65.0 Å². The van der Waals surface area contributed by atoms with E-state index in [1.54, 1.807) is 48.5 Å². The number of benzene rings is 3. The van der Waals surface area contributed by atoms with Crippen molar-refractivity contribution in [3.63, 3.8) is 0 Å². The Kier molecular flexibility index (Phi) is 6.02. The lowest BCUT2D eigenvalue weighted by atomic mass is 10.2. The van der Waals surface area contributed by atoms with Crippen molar-refractivity contribution in [2.45, 2.75) is 11.3 Å². The molecule has 1 aliphatic rings. The van der Waals surface area contributed by atoms with Crippen LogP contribution in [0, 0.1) is 0 Å². The summed E-state index contributed by atoms with van der Waals surface area (Å²) in [7, 11) is -3.92. The van der Waals surface area contributed by atoms with Gasteiger partial charge in [0, 0.05) is 29.4 Å². The van der Waals surface area contributed by atoms with Crippen molar-refractivity contribution in [1.29, 1.82) is 0 Å². The molecule has 11 nitrogen and oxygen atoms in total. The first-order valence-electron chi connectivity index (χ1n) is 10.7. The highest BCUT2D eigenvalue weighted by molar-refractivity contribution is 7.92. The average molecular weight is 493 g/mol. The molecule has 2 heterocycles. The first-order chi connectivity index (χ1) is 17.0. The summed E-state index contributed by atoms with van der Waals surface area (Å²) in [6.45, 7) is 0.955. The SMILES string of the molecule is O=C(Nc1ccc(-n2cnnn2)cc1)c1cccc(NS(=O)(=O)c2ccc3c(c2)OCCCO3)c1. The number of carbonyl (C=O) groups excluding carboxylic acids is 1. The average Bonchev–Trinajstić information content (AvgIpc) is 3.29. The molecule has 0 aliphatic carbocycles. The van der Waals surface area contributed by atoms with Gasteiger partial charge in [0.15, 0.2) is 11.5 Å². The fourth-order valence-corrected chi connectivity index (χ4v) is 4.49. The Labute approximate surface area is 200 Å². The van der Waals surface area contributed by atoms with Crippen LogP contribution in [0.1, 0.15) is 16.8 Å². The van der Waals surface area contributed by atoms with Crippen LogP contribution in [0.2, 0.25) is 0 Å². The molecule has 5 rings (SSSR count). The molecule has 0 saturated carbocycles. The quantitative estimate of drug-likeness (QED) is 0.419. The van der Waals surface area contributed by atoms with Crippen molar-refractivity contribution in [3.05, 3.63) is 78.6 Å². The Morgan fingerprint density at radius 2 is 1.71 bits per heavy atom. The molecule has 1 amide bonds. The number of hydrogen-bond acceptors (Lipinski definition) is 8. The maximum atomic E-state index is 13.0. The summed E-state index contributed by atoms with van der Waals surface area (Å²) in [6.07, 6.45) is 2.18. The highest BCUT2D eigenvalue weighted by Gasteiger charge is 2.19. The lowest BCUT2D eigenvalue weighted by molar-refractivity contribution is 0.102. The number of hydrogen-bond donors (Lipinski definition) is 2. The largest absolute Gasteiger partial charge is 0.490 e. The summed E-state index contributed by atoms with van der Waals surface area (Å²) in [4.78, 5) is 12.8. The summed E-state index contributed by atoms with van der Waals surface area (Å²) in [5, 5.41) is 13.8. The standard InChI is InChI=1S/C23H20N6O5S/c30-23(25-17-5-7-19(8-6-17)29-15-24-27-28-29)16-3-1-4-18(13-16)26-35(31,32)20-9-10-21-22(14-20)34-12-2-11-33-21/h1,3-10,13-15,26H,2,11-12H2,(H,25,30). The van der Waals surface area contributed by atoms with E-state index in [0.717, 1.165) is 5.69 Å². The van der Waals surface area contributed by atoms with E-state index in [4.69, 9.17) is 9.47 Å². The zero-order valence-corrected chi connectivity index (χ0v) is 19.1. The van der Waals surface area contributed by atoms with Gasteiger partial charge >= 0.3 is 0 Å². The van der Waals surface area contributed by atoms with Crippen LogP contribution in [-0.4, -0.2) is 47.7 Å². The number of nitrogens with zero attached hydrogens (tertiary/aromatic N) is 4. The second-order valence-corrected chi connectivity index (χ2v) is 9.28. The number of amides is 1. The van der Waals surface area contributed by atoms with Crippen LogP contribution in [0.5, 0.6) is 11.5 Å². The minimum Gasteiger partial charge on any atom is -0.490 e. The maximum absolute atomic E-state index is 13.0. The predicted molar refractivity (Wildman–Crippen MR) is 126 cm³/mol. The van der Waals surface area contributed by atoms with Gasteiger partial charge in [0.25, 0.3) is 15.9 Å². The lowest BCUT2D eigenvalue weighted by Gasteiger charge is -2.12. The van der Waals surface area contributed by atoms with E-state index in [1.165, 1.54) is 29.2 Å². The number of fused-ring (bicyclic) bond motifs is 1. The van der Waals surface area contributed by atoms with Crippen LogP contribution in [0.15, 0.2) is 78.0 Å². The van der Waals surface area contributed by atoms with Gasteiger partial charge in [0.2, 0.25) is 0 Å². The Morgan fingerprint density at radius 1 is 0.914 bits per heavy atom. The number of tetrazole rings is 1. The number of rotatable bonds is 6. The maximum Gasteiger partial charge on any atom is 0.262 e. The van der Waals surface area contributed by atoms with E-state index >= 15 is 0 Å². The molecule has 4 aromatic rings. The van der Waals surface area contributed by atoms with Gasteiger partial charge in [-0.25, -0.2) is 13.1 Å². The van der Waals surface area contributed by atoms with Crippen LogP contribution in [-0.2, 0) is 10.0 Å². The van der Waals surface area contributed by atoms with Crippen LogP contribution in [0.4, 0.5) is 11.4 Å². The van der Waals surface area contributed by atoms with E-state index in [0.29, 0.717) is 36.8 Å². The Hall–Kier alpha value is -4.45. The number of aromatic nitrogens is 4. The van der Waals surface area contributed by atoms with Gasteiger partial charge in [-0.1, -0.05) is 6.07 Å². The highest BCUT2D eigenvalue weighted by Crippen LogP contribution is 2.32. The van der Waals surface area contributed by atoms with Gasteiger partial charge in [0.05, 0.1) is 23.8 Å². The molecule has 1 aromatic heterocycles. The fourth-order valence-electron chi connectivity index (χ4n) is 3.43. The second-order valence-electron chi connectivity index (χ2n) is 7.60. The van der Waals surface area contributed by atoms with Crippen LogP contribution in [0.3, 0.4) is 0 Å². The first kappa shape index (κ1) is 22.3. The smallest absolute Gasteiger partial charge is 0.262 e. The molecular formula is C23H20N6O5S. The van der Waals surface area contributed by atoms with Crippen molar-refractivity contribution >= 4 is 27.3 Å². The Balaban J connectivity index is 1.29. The Morgan fingerprint density at radius 3 is 2.49 bits per heavy atom. The van der Waals surface area contributed by atoms with Crippen molar-refractivity contribution in [1.82, 2.24) is 20.2 Å².